The molecule has 0 saturated heterocycles. The molecule has 1 aliphatic heterocycles. The zero-order chi connectivity index (χ0) is 41.1. The first-order valence-electron chi connectivity index (χ1n) is 19.9. The van der Waals surface area contributed by atoms with Crippen LogP contribution in [0.25, 0.3) is 10.9 Å². The molecule has 310 valence electrons. The van der Waals surface area contributed by atoms with Crippen LogP contribution in [0.5, 0.6) is 0 Å². The Morgan fingerprint density at radius 2 is 1.30 bits per heavy atom. The van der Waals surface area contributed by atoms with Gasteiger partial charge < -0.3 is 17.7 Å². The first-order valence-corrected chi connectivity index (χ1v) is 30.7. The molecule has 6 rings (SSSR count). The number of nitrogens with one attached hydrogen (secondary N) is 1. The molecule has 2 nitrogen and oxygen atoms in total. The average molecular weight is 1020 g/mol. The Labute approximate surface area is 385 Å². The summed E-state index contributed by atoms with van der Waals surface area (Å²) in [6, 6.07) is 11.5. The number of thiophene rings is 1. The van der Waals surface area contributed by atoms with Crippen LogP contribution in [0.15, 0.2) is 61.7 Å². The van der Waals surface area contributed by atoms with E-state index in [1.807, 2.05) is 23.1 Å². The number of thioether (sulfide) groups is 1. The van der Waals surface area contributed by atoms with Crippen LogP contribution >= 0.6 is 73.6 Å². The van der Waals surface area contributed by atoms with E-state index in [0.29, 0.717) is 35.1 Å². The molecule has 2 aromatic carbocycles. The van der Waals surface area contributed by atoms with Gasteiger partial charge in [0, 0.05) is 30.3 Å². The fourth-order valence-corrected chi connectivity index (χ4v) is 16.7. The normalized spacial score (nSPS) is 22.5. The van der Waals surface area contributed by atoms with Crippen LogP contribution in [0, 0.1) is 31.1 Å². The van der Waals surface area contributed by atoms with Crippen molar-refractivity contribution in [1.82, 2.24) is 0 Å². The maximum absolute atomic E-state index is 5.26. The van der Waals surface area contributed by atoms with Crippen LogP contribution in [0.4, 0.5) is 11.4 Å². The van der Waals surface area contributed by atoms with E-state index in [4.69, 9.17) is 23.9 Å². The van der Waals surface area contributed by atoms with Crippen LogP contribution in [-0.2, 0) is 17.0 Å². The van der Waals surface area contributed by atoms with Gasteiger partial charge in [-0.25, -0.2) is 0 Å². The van der Waals surface area contributed by atoms with Crippen LogP contribution in [0.2, 0.25) is 13.1 Å². The number of anilines is 1. The molecule has 1 saturated carbocycles. The van der Waals surface area contributed by atoms with Crippen molar-refractivity contribution in [1.29, 1.82) is 0 Å². The second-order valence-electron chi connectivity index (χ2n) is 17.6. The fraction of sp³-hybridized carbons (Fsp3) is 0.543. The molecule has 1 N–H and O–H groups in total. The summed E-state index contributed by atoms with van der Waals surface area (Å²) in [4.78, 5) is 5.73. The Hall–Kier alpha value is 0.0412. The summed E-state index contributed by atoms with van der Waals surface area (Å²) in [7, 11) is 7.96. The Balaban J connectivity index is 0.000000277. The fourth-order valence-electron chi connectivity index (χ4n) is 8.95. The van der Waals surface area contributed by atoms with Gasteiger partial charge in [-0.2, -0.15) is 0 Å². The van der Waals surface area contributed by atoms with Gasteiger partial charge in [0.25, 0.3) is 0 Å². The summed E-state index contributed by atoms with van der Waals surface area (Å²) in [5.41, 5.74) is 13.3. The van der Waals surface area contributed by atoms with Crippen LogP contribution < -0.4 is 4.98 Å². The summed E-state index contributed by atoms with van der Waals surface area (Å²) in [6.07, 6.45) is 2.44. The van der Waals surface area contributed by atoms with Gasteiger partial charge in [-0.1, -0.05) is 137 Å². The van der Waals surface area contributed by atoms with Gasteiger partial charge in [-0.15, -0.1) is 35.3 Å². The van der Waals surface area contributed by atoms with E-state index in [-0.39, 0.29) is 7.43 Å². The number of benzene rings is 2. The number of allylic oxidation sites excluding steroid dienone is 3. The molecule has 6 atom stereocenters. The Kier molecular flexibility index (Phi) is 19.5. The topological polar surface area (TPSA) is 26.1 Å². The SMILES string of the molecule is CC(C)c1cc(Br)cc(C(C)C)c1[N-]CC1C(C)C(C)C2C=CSC21.CC1=C(C)C([Si](C)(C)Nc2c(C(C)C)cc(Br)cc2C(C)C)c2sccc21.[CH3-].[Cl][Ti][Cl]. The average Bonchev–Trinajstić information content (AvgIpc) is 3.87. The standard InChI is InChI=1S/C23H32BrNSSi.C22H31BrNS.CH3.2ClH.Ti/c1-13(2)19-11-17(24)12-20(14(3)4)21(19)25-27(7,8)23-16(6)15(5)18-9-10-26-22(18)23;1-12(2)18-9-16(23)10-19(13(3)4)21(18)24-11-20-15(6)14(5)17-7-8-25-22(17)20;;;;/h9-14,23,25H,1-8H3;7-10,12-15,17,20,22H,11H2,1-6H3;1H3;2*1H;/q;2*-1;;;+2/p-2. The Bertz CT molecular complexity index is 1780. The minimum absolute atomic E-state index is 0. The van der Waals surface area contributed by atoms with Gasteiger partial charge in [0.1, 0.15) is 0 Å². The minimum atomic E-state index is -1.82. The van der Waals surface area contributed by atoms with E-state index in [0.717, 1.165) is 29.5 Å². The third-order valence-electron chi connectivity index (χ3n) is 12.3. The van der Waals surface area contributed by atoms with E-state index in [1.165, 1.54) is 53.7 Å². The Morgan fingerprint density at radius 3 is 1.79 bits per heavy atom. The van der Waals surface area contributed by atoms with Crippen LogP contribution in [0.3, 0.4) is 0 Å². The molecule has 1 aromatic heterocycles. The summed E-state index contributed by atoms with van der Waals surface area (Å²) in [5, 5.41) is 10.6. The molecule has 6 unspecified atom stereocenters. The van der Waals surface area contributed by atoms with E-state index in [2.05, 4.69) is 180 Å². The van der Waals surface area contributed by atoms with Gasteiger partial charge >= 0.3 is 35.6 Å². The molecule has 10 heteroatoms. The van der Waals surface area contributed by atoms with Gasteiger partial charge in [0.15, 0.2) is 8.24 Å². The predicted molar refractivity (Wildman–Crippen MR) is 263 cm³/mol. The van der Waals surface area contributed by atoms with Crippen molar-refractivity contribution in [3.8, 4) is 0 Å². The van der Waals surface area contributed by atoms with E-state index < -0.39 is 25.3 Å². The molecular formula is C46H66Br2Cl2N2S2SiTi-2. The molecule has 0 spiro atoms. The van der Waals surface area contributed by atoms with Crippen LogP contribution in [-0.4, -0.2) is 20.0 Å². The summed E-state index contributed by atoms with van der Waals surface area (Å²) in [5.74, 6) is 4.92. The summed E-state index contributed by atoms with van der Waals surface area (Å²) >= 11 is 10.9. The van der Waals surface area contributed by atoms with Crippen molar-refractivity contribution in [2.75, 3.05) is 11.5 Å². The molecule has 2 aliphatic carbocycles. The van der Waals surface area contributed by atoms with E-state index >= 15 is 0 Å². The van der Waals surface area contributed by atoms with Crippen molar-refractivity contribution < 1.29 is 17.0 Å². The third-order valence-corrected chi connectivity index (χ3v) is 18.7. The number of nitrogens with zero attached hydrogens (tertiary/aromatic N) is 1. The first-order chi connectivity index (χ1) is 25.8. The van der Waals surface area contributed by atoms with Crippen molar-refractivity contribution in [3.05, 3.63) is 107 Å². The molecule has 3 aromatic rings. The molecule has 3 aliphatic rings. The van der Waals surface area contributed by atoms with Crippen molar-refractivity contribution >= 4 is 98.8 Å². The number of fused-ring (bicyclic) bond motifs is 2. The van der Waals surface area contributed by atoms with Gasteiger partial charge in [0.05, 0.1) is 0 Å². The van der Waals surface area contributed by atoms with Crippen molar-refractivity contribution in [2.24, 2.45) is 23.7 Å². The monoisotopic (exact) mass is 1010 g/mol. The third kappa shape index (κ3) is 11.3. The van der Waals surface area contributed by atoms with Crippen molar-refractivity contribution in [3.63, 3.8) is 0 Å². The zero-order valence-electron chi connectivity index (χ0n) is 36.4. The molecule has 56 heavy (non-hydrogen) atoms. The number of hydrogen-bond acceptors (Lipinski definition) is 3. The van der Waals surface area contributed by atoms with E-state index in [9.17, 15) is 0 Å². The molecule has 2 heterocycles. The van der Waals surface area contributed by atoms with Gasteiger partial charge in [0.2, 0.25) is 0 Å². The van der Waals surface area contributed by atoms with Crippen molar-refractivity contribution in [2.45, 2.75) is 131 Å². The predicted octanol–water partition coefficient (Wildman–Crippen LogP) is 18.2. The van der Waals surface area contributed by atoms with Gasteiger partial charge in [-0.05, 0) is 125 Å². The second kappa shape index (κ2) is 21.7. The number of hydrogen-bond donors (Lipinski definition) is 1. The Morgan fingerprint density at radius 1 is 0.821 bits per heavy atom. The zero-order valence-corrected chi connectivity index (χ0v) is 45.3. The van der Waals surface area contributed by atoms with Gasteiger partial charge in [-0.3, -0.25) is 0 Å². The molecule has 1 fully saturated rings. The van der Waals surface area contributed by atoms with Crippen LogP contribution in [0.1, 0.15) is 145 Å². The molecule has 0 bridgehead atoms. The molecule has 0 amide bonds. The first kappa shape index (κ1) is 50.4. The summed E-state index contributed by atoms with van der Waals surface area (Å²) < 4.78 is 2.37. The molecular weight excluding hydrogens is 951 g/mol. The maximum atomic E-state index is 5.26. The second-order valence-corrected chi connectivity index (χ2v) is 28.3. The quantitative estimate of drug-likeness (QED) is 0.162. The number of rotatable bonds is 10. The summed E-state index contributed by atoms with van der Waals surface area (Å²) in [6.45, 7) is 33.8. The number of halogens is 4. The van der Waals surface area contributed by atoms with E-state index in [1.54, 1.807) is 10.5 Å². The molecule has 0 radical (unpaired) electrons.